The van der Waals surface area contributed by atoms with Gasteiger partial charge in [-0.2, -0.15) is 0 Å². The molecule has 3 heterocycles. The number of amides is 2. The summed E-state index contributed by atoms with van der Waals surface area (Å²) in [6.45, 7) is 2.41. The fourth-order valence-electron chi connectivity index (χ4n) is 6.50. The molecule has 2 aliphatic carbocycles. The highest BCUT2D eigenvalue weighted by Crippen LogP contribution is 2.51. The topological polar surface area (TPSA) is 86.7 Å². The molecule has 1 saturated carbocycles. The number of carbonyl (C=O) groups is 3. The number of nitrogens with one attached hydrogen (secondary N) is 1. The van der Waals surface area contributed by atoms with Crippen molar-refractivity contribution in [1.29, 1.82) is 0 Å². The van der Waals surface area contributed by atoms with E-state index in [-0.39, 0.29) is 35.4 Å². The number of hydrogen-bond donors (Lipinski definition) is 2. The van der Waals surface area contributed by atoms with Crippen LogP contribution in [0.1, 0.15) is 39.0 Å². The Morgan fingerprint density at radius 3 is 2.81 bits per heavy atom. The number of Topliss-reactive ketones (excluding diaryl/α,β-unsaturated/α-hetero) is 1. The number of rotatable bonds is 2. The lowest BCUT2D eigenvalue weighted by Crippen LogP contribution is -2.51. The lowest BCUT2D eigenvalue weighted by molar-refractivity contribution is -0.146. The average Bonchev–Trinajstić information content (AvgIpc) is 3.17. The molecule has 5 rings (SSSR count). The van der Waals surface area contributed by atoms with Gasteiger partial charge >= 0.3 is 0 Å². The standard InChI is InChI=1S/C20H26N2O4/c1-10-6-7-11-4-2-3-5-12(11)14(10)16(23)15-17-20(26)13(18(24)21-17)8-9-22(20)19(15)25/h6-7,10-15,17,26H,2-5,8-9H2,1H3,(H,21,24)/t10-,11+,12-,13-,14?,15?,17-,20+/m0/s1. The fraction of sp³-hybridized carbons (Fsp3) is 0.750. The molecule has 0 aromatic heterocycles. The van der Waals surface area contributed by atoms with Gasteiger partial charge in [-0.15, -0.1) is 0 Å². The summed E-state index contributed by atoms with van der Waals surface area (Å²) in [4.78, 5) is 40.3. The first-order valence-electron chi connectivity index (χ1n) is 10.0. The summed E-state index contributed by atoms with van der Waals surface area (Å²) in [6, 6.07) is -0.789. The van der Waals surface area contributed by atoms with E-state index < -0.39 is 23.6 Å². The second-order valence-electron chi connectivity index (χ2n) is 8.86. The Morgan fingerprint density at radius 1 is 1.23 bits per heavy atom. The van der Waals surface area contributed by atoms with Crippen LogP contribution in [0.5, 0.6) is 0 Å². The van der Waals surface area contributed by atoms with Gasteiger partial charge in [0, 0.05) is 12.5 Å². The summed E-state index contributed by atoms with van der Waals surface area (Å²) in [7, 11) is 0. The maximum Gasteiger partial charge on any atom is 0.237 e. The summed E-state index contributed by atoms with van der Waals surface area (Å²) in [5.41, 5.74) is -1.51. The smallest absolute Gasteiger partial charge is 0.237 e. The molecular weight excluding hydrogens is 332 g/mol. The molecule has 6 heteroatoms. The first-order chi connectivity index (χ1) is 12.4. The zero-order chi connectivity index (χ0) is 18.2. The molecular formula is C20H26N2O4. The third kappa shape index (κ3) is 1.89. The minimum atomic E-state index is -1.51. The second-order valence-corrected chi connectivity index (χ2v) is 8.86. The van der Waals surface area contributed by atoms with Gasteiger partial charge in [0.25, 0.3) is 0 Å². The van der Waals surface area contributed by atoms with Crippen molar-refractivity contribution in [3.63, 3.8) is 0 Å². The third-order valence-electron chi connectivity index (χ3n) is 7.72. The summed E-state index contributed by atoms with van der Waals surface area (Å²) in [5, 5.41) is 13.9. The van der Waals surface area contributed by atoms with Crippen molar-refractivity contribution in [3.8, 4) is 0 Å². The number of ketones is 1. The molecule has 2 unspecified atom stereocenters. The minimum absolute atomic E-state index is 0.0717. The summed E-state index contributed by atoms with van der Waals surface area (Å²) >= 11 is 0. The van der Waals surface area contributed by atoms with Crippen LogP contribution in [0.3, 0.4) is 0 Å². The number of hydrogen-bond acceptors (Lipinski definition) is 4. The second kappa shape index (κ2) is 5.41. The lowest BCUT2D eigenvalue weighted by Gasteiger charge is -2.41. The van der Waals surface area contributed by atoms with Gasteiger partial charge in [0.1, 0.15) is 5.92 Å². The zero-order valence-corrected chi connectivity index (χ0v) is 15.1. The molecule has 8 atom stereocenters. The quantitative estimate of drug-likeness (QED) is 0.566. The lowest BCUT2D eigenvalue weighted by atomic mass is 9.62. The van der Waals surface area contributed by atoms with Gasteiger partial charge in [-0.1, -0.05) is 31.9 Å². The van der Waals surface area contributed by atoms with E-state index in [1.54, 1.807) is 0 Å². The summed E-state index contributed by atoms with van der Waals surface area (Å²) in [6.07, 6.45) is 9.30. The van der Waals surface area contributed by atoms with E-state index in [0.717, 1.165) is 19.3 Å². The molecule has 2 amide bonds. The molecule has 26 heavy (non-hydrogen) atoms. The SMILES string of the molecule is C[C@H]1C=C[C@H]2CCCC[C@@H]2C1C(=O)C1C(=O)N2CC[C@H]3C(=O)N[C@@H]1[C@]32O. The van der Waals surface area contributed by atoms with E-state index in [1.165, 1.54) is 11.3 Å². The van der Waals surface area contributed by atoms with Crippen LogP contribution in [0.15, 0.2) is 12.2 Å². The van der Waals surface area contributed by atoms with Crippen LogP contribution in [0, 0.1) is 35.5 Å². The molecule has 3 saturated heterocycles. The van der Waals surface area contributed by atoms with Crippen molar-refractivity contribution < 1.29 is 19.5 Å². The summed E-state index contributed by atoms with van der Waals surface area (Å²) in [5.74, 6) is -1.53. The van der Waals surface area contributed by atoms with Crippen LogP contribution in [0.25, 0.3) is 0 Å². The Labute approximate surface area is 153 Å². The molecule has 2 N–H and O–H groups in total. The van der Waals surface area contributed by atoms with E-state index in [4.69, 9.17) is 0 Å². The Hall–Kier alpha value is -1.69. The third-order valence-corrected chi connectivity index (χ3v) is 7.72. The number of nitrogens with zero attached hydrogens (tertiary/aromatic N) is 1. The molecule has 140 valence electrons. The number of fused-ring (bicyclic) bond motifs is 1. The number of carbonyl (C=O) groups excluding carboxylic acids is 3. The van der Waals surface area contributed by atoms with E-state index in [1.807, 2.05) is 0 Å². The predicted octanol–water partition coefficient (Wildman–Crippen LogP) is 0.849. The van der Waals surface area contributed by atoms with Gasteiger partial charge in [-0.25, -0.2) is 0 Å². The Bertz CT molecular complexity index is 719. The highest BCUT2D eigenvalue weighted by Gasteiger charge is 2.72. The van der Waals surface area contributed by atoms with Crippen molar-refractivity contribution in [2.45, 2.75) is 50.8 Å². The van der Waals surface area contributed by atoms with Crippen LogP contribution < -0.4 is 5.32 Å². The molecule has 0 spiro atoms. The first kappa shape index (κ1) is 16.5. The van der Waals surface area contributed by atoms with Gasteiger partial charge in [-0.3, -0.25) is 14.4 Å². The molecule has 0 aromatic carbocycles. The van der Waals surface area contributed by atoms with Crippen LogP contribution in [0.2, 0.25) is 0 Å². The largest absolute Gasteiger partial charge is 0.368 e. The molecule has 6 nitrogen and oxygen atoms in total. The minimum Gasteiger partial charge on any atom is -0.368 e. The van der Waals surface area contributed by atoms with Gasteiger partial charge in [0.05, 0.1) is 12.0 Å². The monoisotopic (exact) mass is 358 g/mol. The molecule has 4 fully saturated rings. The molecule has 0 radical (unpaired) electrons. The first-order valence-corrected chi connectivity index (χ1v) is 10.0. The number of allylic oxidation sites excluding steroid dienone is 2. The zero-order valence-electron chi connectivity index (χ0n) is 15.1. The van der Waals surface area contributed by atoms with Crippen molar-refractivity contribution >= 4 is 17.6 Å². The maximum absolute atomic E-state index is 13.6. The normalized spacial score (nSPS) is 49.2. The van der Waals surface area contributed by atoms with Crippen LogP contribution >= 0.6 is 0 Å². The maximum atomic E-state index is 13.6. The Morgan fingerprint density at radius 2 is 2.00 bits per heavy atom. The predicted molar refractivity (Wildman–Crippen MR) is 92.4 cm³/mol. The summed E-state index contributed by atoms with van der Waals surface area (Å²) < 4.78 is 0. The van der Waals surface area contributed by atoms with E-state index >= 15 is 0 Å². The van der Waals surface area contributed by atoms with E-state index in [2.05, 4.69) is 24.4 Å². The van der Waals surface area contributed by atoms with Crippen molar-refractivity contribution in [2.24, 2.45) is 35.5 Å². The van der Waals surface area contributed by atoms with Gasteiger partial charge in [-0.05, 0) is 37.0 Å². The van der Waals surface area contributed by atoms with Gasteiger partial charge in [0.15, 0.2) is 11.5 Å². The molecule has 3 aliphatic heterocycles. The Balaban J connectivity index is 1.50. The van der Waals surface area contributed by atoms with Gasteiger partial charge < -0.3 is 15.3 Å². The van der Waals surface area contributed by atoms with Crippen LogP contribution in [-0.2, 0) is 14.4 Å². The molecule has 5 aliphatic rings. The highest BCUT2D eigenvalue weighted by atomic mass is 16.3. The molecule has 0 bridgehead atoms. The highest BCUT2D eigenvalue weighted by molar-refractivity contribution is 6.08. The van der Waals surface area contributed by atoms with Crippen molar-refractivity contribution in [1.82, 2.24) is 10.2 Å². The van der Waals surface area contributed by atoms with Crippen LogP contribution in [-0.4, -0.2) is 45.9 Å². The van der Waals surface area contributed by atoms with Crippen molar-refractivity contribution in [3.05, 3.63) is 12.2 Å². The van der Waals surface area contributed by atoms with Gasteiger partial charge in [0.2, 0.25) is 11.8 Å². The number of aliphatic hydroxyl groups is 1. The van der Waals surface area contributed by atoms with Crippen molar-refractivity contribution in [2.75, 3.05) is 6.54 Å². The van der Waals surface area contributed by atoms with E-state index in [0.29, 0.717) is 18.9 Å². The average molecular weight is 358 g/mol. The van der Waals surface area contributed by atoms with Crippen LogP contribution in [0.4, 0.5) is 0 Å². The molecule has 0 aromatic rings. The Kier molecular flexibility index (Phi) is 3.43. The van der Waals surface area contributed by atoms with E-state index in [9.17, 15) is 19.5 Å². The fourth-order valence-corrected chi connectivity index (χ4v) is 6.50.